The van der Waals surface area contributed by atoms with Crippen molar-refractivity contribution in [1.82, 2.24) is 0 Å². The smallest absolute Gasteiger partial charge is 0.264 e. The van der Waals surface area contributed by atoms with Crippen LogP contribution in [0.15, 0.2) is 42.5 Å². The molecule has 0 fully saturated rings. The highest BCUT2D eigenvalue weighted by molar-refractivity contribution is 5.96. The van der Waals surface area contributed by atoms with Crippen molar-refractivity contribution in [1.29, 1.82) is 0 Å². The lowest BCUT2D eigenvalue weighted by Gasteiger charge is -2.33. The quantitative estimate of drug-likeness (QED) is 0.862. The first-order chi connectivity index (χ1) is 11.6. The third-order valence-electron chi connectivity index (χ3n) is 4.13. The van der Waals surface area contributed by atoms with Gasteiger partial charge in [-0.2, -0.15) is 0 Å². The summed E-state index contributed by atoms with van der Waals surface area (Å²) in [5.74, 6) is 0.472. The number of anilines is 1. The van der Waals surface area contributed by atoms with Gasteiger partial charge in [-0.3, -0.25) is 4.79 Å². The number of hydrogen-bond acceptors (Lipinski definition) is 3. The van der Waals surface area contributed by atoms with Crippen LogP contribution in [0.3, 0.4) is 0 Å². The number of carbonyl (C=O) groups excluding carboxylic acids is 1. The fourth-order valence-electron chi connectivity index (χ4n) is 2.96. The van der Waals surface area contributed by atoms with Crippen molar-refractivity contribution in [2.75, 3.05) is 25.2 Å². The third-order valence-corrected chi connectivity index (χ3v) is 4.13. The molecule has 126 valence electrons. The van der Waals surface area contributed by atoms with Gasteiger partial charge < -0.3 is 14.4 Å². The van der Waals surface area contributed by atoms with Gasteiger partial charge >= 0.3 is 0 Å². The molecule has 1 aliphatic rings. The monoisotopic (exact) mass is 329 g/mol. The van der Waals surface area contributed by atoms with E-state index in [-0.39, 0.29) is 18.3 Å². The molecule has 1 atom stereocenters. The fraction of sp³-hybridized carbons (Fsp3) is 0.316. The van der Waals surface area contributed by atoms with E-state index < -0.39 is 5.82 Å². The minimum atomic E-state index is -0.473. The lowest BCUT2D eigenvalue weighted by Crippen LogP contribution is -2.41. The van der Waals surface area contributed by atoms with Crippen LogP contribution < -0.4 is 14.4 Å². The predicted molar refractivity (Wildman–Crippen MR) is 90.1 cm³/mol. The second-order valence-electron chi connectivity index (χ2n) is 6.03. The number of rotatable bonds is 4. The molecule has 4 nitrogen and oxygen atoms in total. The molecule has 0 radical (unpaired) electrons. The van der Waals surface area contributed by atoms with Crippen molar-refractivity contribution in [3.8, 4) is 11.5 Å². The van der Waals surface area contributed by atoms with Gasteiger partial charge in [0.1, 0.15) is 5.75 Å². The molecule has 0 N–H and O–H groups in total. The maximum Gasteiger partial charge on any atom is 0.264 e. The Labute approximate surface area is 140 Å². The van der Waals surface area contributed by atoms with E-state index in [0.29, 0.717) is 18.2 Å². The maximum absolute atomic E-state index is 13.6. The molecule has 1 heterocycles. The molecule has 3 rings (SSSR count). The minimum Gasteiger partial charge on any atom is -0.497 e. The summed E-state index contributed by atoms with van der Waals surface area (Å²) >= 11 is 0. The topological polar surface area (TPSA) is 38.8 Å². The molecular weight excluding hydrogens is 309 g/mol. The largest absolute Gasteiger partial charge is 0.497 e. The Balaban J connectivity index is 1.79. The van der Waals surface area contributed by atoms with E-state index in [2.05, 4.69) is 6.92 Å². The average Bonchev–Trinajstić information content (AvgIpc) is 2.59. The SMILES string of the molecule is COc1ccc2c(c1)N(C(=O)COc1ccccc1F)CC(C)C2. The number of ether oxygens (including phenoxy) is 2. The second kappa shape index (κ2) is 6.91. The number of hydrogen-bond donors (Lipinski definition) is 0. The lowest BCUT2D eigenvalue weighted by molar-refractivity contribution is -0.120. The van der Waals surface area contributed by atoms with Crippen LogP contribution >= 0.6 is 0 Å². The van der Waals surface area contributed by atoms with Gasteiger partial charge in [-0.15, -0.1) is 0 Å². The van der Waals surface area contributed by atoms with Crippen molar-refractivity contribution < 1.29 is 18.7 Å². The second-order valence-corrected chi connectivity index (χ2v) is 6.03. The minimum absolute atomic E-state index is 0.0850. The number of halogens is 1. The van der Waals surface area contributed by atoms with E-state index in [4.69, 9.17) is 9.47 Å². The summed E-state index contributed by atoms with van der Waals surface area (Å²) in [5, 5.41) is 0. The third kappa shape index (κ3) is 3.35. The Morgan fingerprint density at radius 3 is 2.83 bits per heavy atom. The zero-order valence-corrected chi connectivity index (χ0v) is 13.8. The molecule has 1 amide bonds. The van der Waals surface area contributed by atoms with Crippen molar-refractivity contribution in [3.63, 3.8) is 0 Å². The zero-order chi connectivity index (χ0) is 17.1. The van der Waals surface area contributed by atoms with Crippen LogP contribution in [0.5, 0.6) is 11.5 Å². The Hall–Kier alpha value is -2.56. The number of carbonyl (C=O) groups is 1. The summed E-state index contributed by atoms with van der Waals surface area (Å²) in [6.45, 7) is 2.51. The summed E-state index contributed by atoms with van der Waals surface area (Å²) in [6, 6.07) is 11.8. The van der Waals surface area contributed by atoms with Crippen LogP contribution in [0.25, 0.3) is 0 Å². The summed E-state index contributed by atoms with van der Waals surface area (Å²) in [6.07, 6.45) is 0.914. The molecule has 5 heteroatoms. The highest BCUT2D eigenvalue weighted by Gasteiger charge is 2.27. The van der Waals surface area contributed by atoms with Crippen LogP contribution in [-0.4, -0.2) is 26.2 Å². The number of benzene rings is 2. The lowest BCUT2D eigenvalue weighted by atomic mass is 9.93. The molecule has 0 bridgehead atoms. The highest BCUT2D eigenvalue weighted by Crippen LogP contribution is 2.33. The normalized spacial score (nSPS) is 16.5. The zero-order valence-electron chi connectivity index (χ0n) is 13.8. The number of fused-ring (bicyclic) bond motifs is 1. The van der Waals surface area contributed by atoms with Gasteiger partial charge in [-0.25, -0.2) is 4.39 Å². The van der Waals surface area contributed by atoms with Crippen molar-refractivity contribution in [2.45, 2.75) is 13.3 Å². The Kier molecular flexibility index (Phi) is 4.69. The predicted octanol–water partition coefficient (Wildman–Crippen LogP) is 3.44. The van der Waals surface area contributed by atoms with Gasteiger partial charge in [-0.05, 0) is 36.1 Å². The fourth-order valence-corrected chi connectivity index (χ4v) is 2.96. The Morgan fingerprint density at radius 1 is 1.29 bits per heavy atom. The first kappa shape index (κ1) is 16.3. The molecule has 24 heavy (non-hydrogen) atoms. The van der Waals surface area contributed by atoms with Gasteiger partial charge in [0.2, 0.25) is 0 Å². The number of amides is 1. The van der Waals surface area contributed by atoms with E-state index in [1.54, 1.807) is 24.1 Å². The maximum atomic E-state index is 13.6. The molecule has 0 saturated carbocycles. The van der Waals surface area contributed by atoms with Crippen molar-refractivity contribution in [3.05, 3.63) is 53.8 Å². The van der Waals surface area contributed by atoms with Crippen molar-refractivity contribution >= 4 is 11.6 Å². The summed E-state index contributed by atoms with van der Waals surface area (Å²) in [4.78, 5) is 14.3. The van der Waals surface area contributed by atoms with E-state index in [1.807, 2.05) is 18.2 Å². The average molecular weight is 329 g/mol. The van der Waals surface area contributed by atoms with Crippen LogP contribution in [0.4, 0.5) is 10.1 Å². The van der Waals surface area contributed by atoms with Crippen molar-refractivity contribution in [2.24, 2.45) is 5.92 Å². The van der Waals surface area contributed by atoms with E-state index in [9.17, 15) is 9.18 Å². The summed E-state index contributed by atoms with van der Waals surface area (Å²) < 4.78 is 24.2. The van der Waals surface area contributed by atoms with E-state index >= 15 is 0 Å². The van der Waals surface area contributed by atoms with Crippen LogP contribution in [0.1, 0.15) is 12.5 Å². The number of nitrogens with zero attached hydrogens (tertiary/aromatic N) is 1. The van der Waals surface area contributed by atoms with E-state index in [1.165, 1.54) is 12.1 Å². The highest BCUT2D eigenvalue weighted by atomic mass is 19.1. The van der Waals surface area contributed by atoms with Gasteiger partial charge in [0.15, 0.2) is 18.2 Å². The van der Waals surface area contributed by atoms with Gasteiger partial charge in [0.25, 0.3) is 5.91 Å². The molecule has 0 spiro atoms. The number of para-hydroxylation sites is 1. The molecule has 0 aliphatic carbocycles. The Morgan fingerprint density at radius 2 is 2.08 bits per heavy atom. The van der Waals surface area contributed by atoms with Gasteiger partial charge in [0.05, 0.1) is 12.8 Å². The summed E-state index contributed by atoms with van der Waals surface area (Å²) in [5.41, 5.74) is 1.95. The van der Waals surface area contributed by atoms with Crippen LogP contribution in [-0.2, 0) is 11.2 Å². The first-order valence-corrected chi connectivity index (χ1v) is 7.93. The van der Waals surface area contributed by atoms with Gasteiger partial charge in [0, 0.05) is 12.6 Å². The molecule has 0 saturated heterocycles. The van der Waals surface area contributed by atoms with Crippen LogP contribution in [0.2, 0.25) is 0 Å². The summed E-state index contributed by atoms with van der Waals surface area (Å²) in [7, 11) is 1.60. The number of methoxy groups -OCH3 is 1. The van der Waals surface area contributed by atoms with Crippen LogP contribution in [0, 0.1) is 11.7 Å². The molecule has 0 aromatic heterocycles. The molecule has 2 aromatic carbocycles. The van der Waals surface area contributed by atoms with E-state index in [0.717, 1.165) is 17.7 Å². The first-order valence-electron chi connectivity index (χ1n) is 7.93. The molecule has 1 unspecified atom stereocenters. The Bertz CT molecular complexity index is 747. The molecule has 2 aromatic rings. The molecular formula is C19H20FNO3. The molecule has 1 aliphatic heterocycles. The van der Waals surface area contributed by atoms with Gasteiger partial charge in [-0.1, -0.05) is 25.1 Å². The standard InChI is InChI=1S/C19H20FNO3/c1-13-9-14-7-8-15(23-2)10-17(14)21(11-13)19(22)12-24-18-6-4-3-5-16(18)20/h3-8,10,13H,9,11-12H2,1-2H3.